The average Bonchev–Trinajstić information content (AvgIpc) is 3.13. The largest absolute Gasteiger partial charge is 0.320 e. The third-order valence-corrected chi connectivity index (χ3v) is 5.39. The lowest BCUT2D eigenvalue weighted by Gasteiger charge is -2.12. The van der Waals surface area contributed by atoms with Crippen LogP contribution in [0.15, 0.2) is 70.7 Å². The molecule has 0 spiro atoms. The second-order valence-electron chi connectivity index (χ2n) is 6.30. The number of para-hydroxylation sites is 2. The van der Waals surface area contributed by atoms with E-state index in [0.717, 1.165) is 6.26 Å². The minimum absolute atomic E-state index is 0.0555. The van der Waals surface area contributed by atoms with E-state index in [0.29, 0.717) is 22.4 Å². The number of benzene rings is 2. The molecule has 0 fully saturated rings. The van der Waals surface area contributed by atoms with Crippen LogP contribution in [0.5, 0.6) is 0 Å². The Morgan fingerprint density at radius 3 is 2.72 bits per heavy atom. The fourth-order valence-corrected chi connectivity index (χ4v) is 3.53. The summed E-state index contributed by atoms with van der Waals surface area (Å²) < 4.78 is 24.9. The topological polar surface area (TPSA) is 127 Å². The van der Waals surface area contributed by atoms with Crippen LogP contribution in [0.25, 0.3) is 16.7 Å². The SMILES string of the molecule is CS(=O)(=O)c1cccc(C(=O)Nc2ccccc2-n2ncc3c(=O)[nH]cnc32)c1. The van der Waals surface area contributed by atoms with E-state index < -0.39 is 15.7 Å². The van der Waals surface area contributed by atoms with Gasteiger partial charge in [0.05, 0.1) is 28.8 Å². The summed E-state index contributed by atoms with van der Waals surface area (Å²) in [6, 6.07) is 12.7. The molecule has 0 aliphatic rings. The predicted octanol–water partition coefficient (Wildman–Crippen LogP) is 1.76. The highest BCUT2D eigenvalue weighted by Crippen LogP contribution is 2.23. The van der Waals surface area contributed by atoms with Crippen molar-refractivity contribution in [3.8, 4) is 5.69 Å². The molecular weight excluding hydrogens is 394 g/mol. The fourth-order valence-electron chi connectivity index (χ4n) is 2.86. The molecule has 0 atom stereocenters. The molecule has 0 saturated heterocycles. The number of amides is 1. The average molecular weight is 409 g/mol. The number of nitrogens with one attached hydrogen (secondary N) is 2. The second kappa shape index (κ2) is 6.99. The van der Waals surface area contributed by atoms with Crippen molar-refractivity contribution in [2.45, 2.75) is 4.90 Å². The molecule has 4 rings (SSSR count). The van der Waals surface area contributed by atoms with Gasteiger partial charge < -0.3 is 10.3 Å². The van der Waals surface area contributed by atoms with E-state index in [2.05, 4.69) is 20.4 Å². The van der Waals surface area contributed by atoms with Crippen molar-refractivity contribution in [1.29, 1.82) is 0 Å². The zero-order valence-electron chi connectivity index (χ0n) is 15.2. The first-order valence-corrected chi connectivity index (χ1v) is 10.4. The number of rotatable bonds is 4. The highest BCUT2D eigenvalue weighted by molar-refractivity contribution is 7.90. The summed E-state index contributed by atoms with van der Waals surface area (Å²) in [5.41, 5.74) is 1.15. The van der Waals surface area contributed by atoms with E-state index >= 15 is 0 Å². The Labute approximate surface area is 165 Å². The Balaban J connectivity index is 1.74. The van der Waals surface area contributed by atoms with Gasteiger partial charge in [0.2, 0.25) is 0 Å². The molecule has 4 aromatic rings. The van der Waals surface area contributed by atoms with Gasteiger partial charge in [-0.1, -0.05) is 18.2 Å². The number of anilines is 1. The lowest BCUT2D eigenvalue weighted by molar-refractivity contribution is 0.102. The van der Waals surface area contributed by atoms with Gasteiger partial charge in [-0.2, -0.15) is 5.10 Å². The molecule has 0 radical (unpaired) electrons. The first kappa shape index (κ1) is 18.6. The molecule has 0 aliphatic heterocycles. The van der Waals surface area contributed by atoms with Gasteiger partial charge in [0.15, 0.2) is 15.5 Å². The van der Waals surface area contributed by atoms with E-state index in [4.69, 9.17) is 0 Å². The van der Waals surface area contributed by atoms with Crippen molar-refractivity contribution in [2.75, 3.05) is 11.6 Å². The van der Waals surface area contributed by atoms with Gasteiger partial charge in [0, 0.05) is 11.8 Å². The molecule has 0 saturated carbocycles. The second-order valence-corrected chi connectivity index (χ2v) is 8.31. The summed E-state index contributed by atoms with van der Waals surface area (Å²) in [7, 11) is -3.44. The van der Waals surface area contributed by atoms with Crippen LogP contribution in [0.4, 0.5) is 5.69 Å². The van der Waals surface area contributed by atoms with Gasteiger partial charge in [-0.25, -0.2) is 18.1 Å². The van der Waals surface area contributed by atoms with Crippen molar-refractivity contribution in [3.63, 3.8) is 0 Å². The van der Waals surface area contributed by atoms with Crippen LogP contribution >= 0.6 is 0 Å². The van der Waals surface area contributed by atoms with Gasteiger partial charge >= 0.3 is 0 Å². The molecule has 2 aromatic heterocycles. The number of hydrogen-bond acceptors (Lipinski definition) is 6. The smallest absolute Gasteiger partial charge is 0.261 e. The van der Waals surface area contributed by atoms with Crippen LogP contribution in [0.3, 0.4) is 0 Å². The number of carbonyl (C=O) groups is 1. The molecule has 9 nitrogen and oxygen atoms in total. The minimum Gasteiger partial charge on any atom is -0.320 e. The summed E-state index contributed by atoms with van der Waals surface area (Å²) in [4.78, 5) is 31.3. The Bertz CT molecular complexity index is 1410. The standard InChI is InChI=1S/C19H15N5O4S/c1-29(27,28)13-6-4-5-12(9-13)18(25)23-15-7-2-3-8-16(15)24-17-14(10-22-24)19(26)21-11-20-17/h2-11H,1H3,(H,23,25)(H,20,21,26). The number of nitrogens with zero attached hydrogens (tertiary/aromatic N) is 3. The summed E-state index contributed by atoms with van der Waals surface area (Å²) in [6.07, 6.45) is 3.76. The number of sulfone groups is 1. The third-order valence-electron chi connectivity index (χ3n) is 4.28. The quantitative estimate of drug-likeness (QED) is 0.529. The highest BCUT2D eigenvalue weighted by Gasteiger charge is 2.16. The third kappa shape index (κ3) is 3.52. The molecule has 0 aliphatic carbocycles. The molecule has 1 amide bonds. The normalized spacial score (nSPS) is 11.5. The molecule has 2 heterocycles. The fraction of sp³-hybridized carbons (Fsp3) is 0.0526. The Hall–Kier alpha value is -3.79. The van der Waals surface area contributed by atoms with Crippen LogP contribution in [0.1, 0.15) is 10.4 Å². The number of aromatic amines is 1. The number of H-pyrrole nitrogens is 1. The summed E-state index contributed by atoms with van der Waals surface area (Å²) in [6.45, 7) is 0. The Kier molecular flexibility index (Phi) is 4.47. The van der Waals surface area contributed by atoms with E-state index in [9.17, 15) is 18.0 Å². The van der Waals surface area contributed by atoms with Gasteiger partial charge in [-0.05, 0) is 30.3 Å². The van der Waals surface area contributed by atoms with Crippen molar-refractivity contribution in [1.82, 2.24) is 19.7 Å². The first-order valence-electron chi connectivity index (χ1n) is 8.47. The van der Waals surface area contributed by atoms with E-state index in [-0.39, 0.29) is 16.0 Å². The van der Waals surface area contributed by atoms with Crippen molar-refractivity contribution >= 4 is 32.5 Å². The zero-order valence-corrected chi connectivity index (χ0v) is 16.0. The van der Waals surface area contributed by atoms with Crippen LogP contribution in [0, 0.1) is 0 Å². The molecule has 2 aromatic carbocycles. The molecule has 146 valence electrons. The molecular formula is C19H15N5O4S. The van der Waals surface area contributed by atoms with Crippen molar-refractivity contribution in [3.05, 3.63) is 77.0 Å². The molecule has 0 bridgehead atoms. The Morgan fingerprint density at radius 2 is 1.93 bits per heavy atom. The van der Waals surface area contributed by atoms with Crippen molar-refractivity contribution < 1.29 is 13.2 Å². The van der Waals surface area contributed by atoms with Gasteiger partial charge in [0.1, 0.15) is 5.39 Å². The zero-order chi connectivity index (χ0) is 20.6. The molecule has 0 unspecified atom stereocenters. The van der Waals surface area contributed by atoms with E-state index in [1.807, 2.05) is 0 Å². The van der Waals surface area contributed by atoms with Gasteiger partial charge in [-0.3, -0.25) is 9.59 Å². The maximum Gasteiger partial charge on any atom is 0.261 e. The molecule has 29 heavy (non-hydrogen) atoms. The van der Waals surface area contributed by atoms with Crippen molar-refractivity contribution in [2.24, 2.45) is 0 Å². The van der Waals surface area contributed by atoms with Crippen LogP contribution in [-0.4, -0.2) is 40.3 Å². The predicted molar refractivity (Wildman–Crippen MR) is 107 cm³/mol. The number of fused-ring (bicyclic) bond motifs is 1. The first-order chi connectivity index (χ1) is 13.8. The van der Waals surface area contributed by atoms with Gasteiger partial charge in [-0.15, -0.1) is 0 Å². The molecule has 2 N–H and O–H groups in total. The van der Waals surface area contributed by atoms with E-state index in [1.54, 1.807) is 24.3 Å². The highest BCUT2D eigenvalue weighted by atomic mass is 32.2. The monoisotopic (exact) mass is 409 g/mol. The lowest BCUT2D eigenvalue weighted by Crippen LogP contribution is -2.15. The van der Waals surface area contributed by atoms with E-state index in [1.165, 1.54) is 41.5 Å². The van der Waals surface area contributed by atoms with Gasteiger partial charge in [0.25, 0.3) is 11.5 Å². The maximum absolute atomic E-state index is 12.7. The maximum atomic E-state index is 12.7. The number of carbonyl (C=O) groups excluding carboxylic acids is 1. The molecule has 10 heteroatoms. The lowest BCUT2D eigenvalue weighted by atomic mass is 10.2. The van der Waals surface area contributed by atoms with Crippen LogP contribution in [0.2, 0.25) is 0 Å². The minimum atomic E-state index is -3.44. The number of hydrogen-bond donors (Lipinski definition) is 2. The summed E-state index contributed by atoms with van der Waals surface area (Å²) >= 11 is 0. The summed E-state index contributed by atoms with van der Waals surface area (Å²) in [5.74, 6) is -0.481. The Morgan fingerprint density at radius 1 is 1.14 bits per heavy atom. The number of aromatic nitrogens is 4. The van der Waals surface area contributed by atoms with Crippen LogP contribution < -0.4 is 10.9 Å². The summed E-state index contributed by atoms with van der Waals surface area (Å²) in [5, 5.41) is 7.30. The van der Waals surface area contributed by atoms with Crippen LogP contribution in [-0.2, 0) is 9.84 Å².